The van der Waals surface area contributed by atoms with Crippen LogP contribution in [0.15, 0.2) is 30.3 Å². The van der Waals surface area contributed by atoms with Gasteiger partial charge in [0.05, 0.1) is 6.42 Å². The lowest BCUT2D eigenvalue weighted by Crippen LogP contribution is -2.07. The summed E-state index contributed by atoms with van der Waals surface area (Å²) in [4.78, 5) is 10.5. The van der Waals surface area contributed by atoms with Gasteiger partial charge in [-0.25, -0.2) is 0 Å². The van der Waals surface area contributed by atoms with Crippen molar-refractivity contribution >= 4 is 18.6 Å². The smallest absolute Gasteiger partial charge is 0.303 e. The van der Waals surface area contributed by atoms with Crippen LogP contribution in [0, 0.1) is 0 Å². The van der Waals surface area contributed by atoms with E-state index in [-0.39, 0.29) is 12.3 Å². The first-order chi connectivity index (χ1) is 6.24. The number of benzene rings is 1. The molecule has 0 radical (unpaired) electrons. The zero-order valence-electron chi connectivity index (χ0n) is 7.18. The van der Waals surface area contributed by atoms with Gasteiger partial charge < -0.3 is 5.11 Å². The Labute approximate surface area is 83.0 Å². The summed E-state index contributed by atoms with van der Waals surface area (Å²) in [7, 11) is 0. The summed E-state index contributed by atoms with van der Waals surface area (Å²) < 4.78 is 0. The SMILES string of the molecule is O=C(O)CC(CS)c1ccccc1. The predicted octanol–water partition coefficient (Wildman–Crippen LogP) is 2.17. The fourth-order valence-corrected chi connectivity index (χ4v) is 1.56. The molecule has 1 atom stereocenters. The average molecular weight is 196 g/mol. The van der Waals surface area contributed by atoms with Gasteiger partial charge >= 0.3 is 5.97 Å². The van der Waals surface area contributed by atoms with Gasteiger partial charge in [-0.05, 0) is 11.3 Å². The molecule has 0 fully saturated rings. The van der Waals surface area contributed by atoms with Crippen molar-refractivity contribution in [3.05, 3.63) is 35.9 Å². The molecule has 70 valence electrons. The zero-order chi connectivity index (χ0) is 9.68. The van der Waals surface area contributed by atoms with Gasteiger partial charge in [0.25, 0.3) is 0 Å². The second-order valence-corrected chi connectivity index (χ2v) is 3.25. The quantitative estimate of drug-likeness (QED) is 0.724. The molecule has 0 saturated carbocycles. The van der Waals surface area contributed by atoms with E-state index in [2.05, 4.69) is 12.6 Å². The fraction of sp³-hybridized carbons (Fsp3) is 0.300. The van der Waals surface area contributed by atoms with Crippen LogP contribution in [0.3, 0.4) is 0 Å². The van der Waals surface area contributed by atoms with Crippen LogP contribution in [0.2, 0.25) is 0 Å². The van der Waals surface area contributed by atoms with Crippen molar-refractivity contribution in [2.45, 2.75) is 12.3 Å². The van der Waals surface area contributed by atoms with E-state index in [0.717, 1.165) is 5.56 Å². The maximum atomic E-state index is 10.5. The highest BCUT2D eigenvalue weighted by Crippen LogP contribution is 2.20. The topological polar surface area (TPSA) is 37.3 Å². The maximum absolute atomic E-state index is 10.5. The molecule has 1 rings (SSSR count). The lowest BCUT2D eigenvalue weighted by Gasteiger charge is -2.11. The van der Waals surface area contributed by atoms with Crippen LogP contribution in [0.5, 0.6) is 0 Å². The van der Waals surface area contributed by atoms with Crippen molar-refractivity contribution < 1.29 is 9.90 Å². The molecule has 13 heavy (non-hydrogen) atoms. The highest BCUT2D eigenvalue weighted by atomic mass is 32.1. The summed E-state index contributed by atoms with van der Waals surface area (Å²) in [6.45, 7) is 0. The first kappa shape index (κ1) is 10.1. The van der Waals surface area contributed by atoms with E-state index < -0.39 is 5.97 Å². The van der Waals surface area contributed by atoms with E-state index in [1.807, 2.05) is 30.3 Å². The minimum absolute atomic E-state index is 0.0158. The summed E-state index contributed by atoms with van der Waals surface area (Å²) in [5.74, 6) is -0.194. The standard InChI is InChI=1S/C10H12O2S/c11-10(12)6-9(7-13)8-4-2-1-3-5-8/h1-5,9,13H,6-7H2,(H,11,12). The lowest BCUT2D eigenvalue weighted by molar-refractivity contribution is -0.137. The number of carboxylic acid groups (broad SMARTS) is 1. The van der Waals surface area contributed by atoms with Crippen LogP contribution in [-0.4, -0.2) is 16.8 Å². The summed E-state index contributed by atoms with van der Waals surface area (Å²) in [6.07, 6.45) is 0.146. The fourth-order valence-electron chi connectivity index (χ4n) is 1.22. The Kier molecular flexibility index (Phi) is 3.83. The molecule has 2 nitrogen and oxygen atoms in total. The number of carboxylic acids is 1. The molecule has 1 N–H and O–H groups in total. The average Bonchev–Trinajstić information content (AvgIpc) is 2.15. The molecule has 1 aromatic rings. The number of thiol groups is 1. The third kappa shape index (κ3) is 3.11. The van der Waals surface area contributed by atoms with Crippen molar-refractivity contribution in [2.24, 2.45) is 0 Å². The monoisotopic (exact) mass is 196 g/mol. The summed E-state index contributed by atoms with van der Waals surface area (Å²) in [6, 6.07) is 9.61. The van der Waals surface area contributed by atoms with Crippen LogP contribution in [0.4, 0.5) is 0 Å². The largest absolute Gasteiger partial charge is 0.481 e. The molecule has 1 aromatic carbocycles. The molecule has 0 spiro atoms. The number of rotatable bonds is 4. The second kappa shape index (κ2) is 4.92. The van der Waals surface area contributed by atoms with Crippen molar-refractivity contribution in [3.8, 4) is 0 Å². The molecule has 0 aliphatic carbocycles. The summed E-state index contributed by atoms with van der Waals surface area (Å²) >= 11 is 4.14. The lowest BCUT2D eigenvalue weighted by atomic mass is 9.98. The Balaban J connectivity index is 2.73. The van der Waals surface area contributed by atoms with E-state index in [0.29, 0.717) is 5.75 Å². The van der Waals surface area contributed by atoms with E-state index in [1.54, 1.807) is 0 Å². The van der Waals surface area contributed by atoms with Crippen molar-refractivity contribution in [1.82, 2.24) is 0 Å². The molecule has 3 heteroatoms. The molecule has 0 aliphatic rings. The van der Waals surface area contributed by atoms with Crippen molar-refractivity contribution in [2.75, 3.05) is 5.75 Å². The molecule has 0 saturated heterocycles. The summed E-state index contributed by atoms with van der Waals surface area (Å²) in [5, 5.41) is 8.64. The highest BCUT2D eigenvalue weighted by Gasteiger charge is 2.12. The summed E-state index contributed by atoms with van der Waals surface area (Å²) in [5.41, 5.74) is 1.04. The first-order valence-electron chi connectivity index (χ1n) is 4.11. The van der Waals surface area contributed by atoms with Gasteiger partial charge in [-0.15, -0.1) is 0 Å². The van der Waals surface area contributed by atoms with Crippen LogP contribution in [-0.2, 0) is 4.79 Å². The van der Waals surface area contributed by atoms with Crippen LogP contribution in [0.1, 0.15) is 17.9 Å². The van der Waals surface area contributed by atoms with E-state index in [4.69, 9.17) is 5.11 Å². The van der Waals surface area contributed by atoms with Gasteiger partial charge in [0.1, 0.15) is 0 Å². The Morgan fingerprint density at radius 1 is 1.38 bits per heavy atom. The minimum Gasteiger partial charge on any atom is -0.481 e. The molecule has 1 unspecified atom stereocenters. The molecule has 0 aliphatic heterocycles. The predicted molar refractivity (Wildman–Crippen MR) is 55.3 cm³/mol. The van der Waals surface area contributed by atoms with Gasteiger partial charge in [0.2, 0.25) is 0 Å². The van der Waals surface area contributed by atoms with Gasteiger partial charge in [0, 0.05) is 5.92 Å². The van der Waals surface area contributed by atoms with Crippen molar-refractivity contribution in [3.63, 3.8) is 0 Å². The molecule has 0 bridgehead atoms. The van der Waals surface area contributed by atoms with Crippen LogP contribution >= 0.6 is 12.6 Å². The maximum Gasteiger partial charge on any atom is 0.303 e. The molecular weight excluding hydrogens is 184 g/mol. The minimum atomic E-state index is -0.775. The van der Waals surface area contributed by atoms with Gasteiger partial charge in [-0.1, -0.05) is 30.3 Å². The second-order valence-electron chi connectivity index (χ2n) is 2.89. The number of aliphatic carboxylic acids is 1. The number of hydrogen-bond donors (Lipinski definition) is 2. The molecule has 0 amide bonds. The molecular formula is C10H12O2S. The Morgan fingerprint density at radius 2 is 2.00 bits per heavy atom. The molecule has 0 heterocycles. The first-order valence-corrected chi connectivity index (χ1v) is 4.75. The van der Waals surface area contributed by atoms with E-state index >= 15 is 0 Å². The van der Waals surface area contributed by atoms with Gasteiger partial charge in [0.15, 0.2) is 0 Å². The Morgan fingerprint density at radius 3 is 2.46 bits per heavy atom. The highest BCUT2D eigenvalue weighted by molar-refractivity contribution is 7.80. The van der Waals surface area contributed by atoms with Crippen LogP contribution in [0.25, 0.3) is 0 Å². The number of hydrogen-bond acceptors (Lipinski definition) is 2. The van der Waals surface area contributed by atoms with Crippen molar-refractivity contribution in [1.29, 1.82) is 0 Å². The number of carbonyl (C=O) groups is 1. The Bertz CT molecular complexity index is 272. The zero-order valence-corrected chi connectivity index (χ0v) is 8.08. The third-order valence-corrected chi connectivity index (χ3v) is 2.35. The van der Waals surface area contributed by atoms with Crippen LogP contribution < -0.4 is 0 Å². The normalized spacial score (nSPS) is 12.4. The van der Waals surface area contributed by atoms with E-state index in [9.17, 15) is 4.79 Å². The Hall–Kier alpha value is -0.960. The molecule has 0 aromatic heterocycles. The van der Waals surface area contributed by atoms with E-state index in [1.165, 1.54) is 0 Å². The van der Waals surface area contributed by atoms with Gasteiger partial charge in [-0.2, -0.15) is 12.6 Å². The van der Waals surface area contributed by atoms with Gasteiger partial charge in [-0.3, -0.25) is 4.79 Å². The third-order valence-electron chi connectivity index (χ3n) is 1.91.